The average Bonchev–Trinajstić information content (AvgIpc) is 1.75. The molecule has 0 aliphatic carbocycles. The van der Waals surface area contributed by atoms with Gasteiger partial charge >= 0.3 is 21.1 Å². The van der Waals surface area contributed by atoms with Crippen molar-refractivity contribution in [2.75, 3.05) is 0 Å². The monoisotopic (exact) mass is 241 g/mol. The van der Waals surface area contributed by atoms with E-state index < -0.39 is 0 Å². The summed E-state index contributed by atoms with van der Waals surface area (Å²) in [6.07, 6.45) is 0.458. The molecule has 5 heavy (non-hydrogen) atoms. The molecule has 1 fully saturated rings. The fourth-order valence-electron chi connectivity index (χ4n) is 0.0786. The van der Waals surface area contributed by atoms with Gasteiger partial charge in [0, 0.05) is 0 Å². The standard InChI is InChI=1S/C3H5O.W/c1-3-2-4-3;/h2-3H,1H3;/q-1;+2. The molecule has 0 N–H and O–H groups in total. The first-order chi connectivity index (χ1) is 1.89. The molecule has 0 saturated carbocycles. The van der Waals surface area contributed by atoms with E-state index in [1.54, 1.807) is 6.61 Å². The van der Waals surface area contributed by atoms with Crippen LogP contribution in [-0.2, 0) is 25.8 Å². The van der Waals surface area contributed by atoms with Crippen LogP contribution in [0.3, 0.4) is 0 Å². The van der Waals surface area contributed by atoms with Crippen molar-refractivity contribution in [1.29, 1.82) is 0 Å². The minimum absolute atomic E-state index is 0. The number of rotatable bonds is 0. The zero-order chi connectivity index (χ0) is 2.99. The van der Waals surface area contributed by atoms with Crippen LogP contribution in [0.5, 0.6) is 0 Å². The molecule has 1 unspecified atom stereocenters. The van der Waals surface area contributed by atoms with Gasteiger partial charge in [0.05, 0.1) is 0 Å². The van der Waals surface area contributed by atoms with Crippen LogP contribution >= 0.6 is 0 Å². The Morgan fingerprint density at radius 2 is 2.00 bits per heavy atom. The molecule has 1 aliphatic heterocycles. The fraction of sp³-hybridized carbons (Fsp3) is 0.667. The Hall–Kier alpha value is 0.648. The quantitative estimate of drug-likeness (QED) is 0.446. The molecule has 0 aromatic rings. The average molecular weight is 241 g/mol. The second-order valence-corrected chi connectivity index (χ2v) is 0.977. The van der Waals surface area contributed by atoms with E-state index in [9.17, 15) is 0 Å². The Morgan fingerprint density at radius 1 is 1.80 bits per heavy atom. The maximum atomic E-state index is 4.58. The van der Waals surface area contributed by atoms with Gasteiger partial charge in [-0.25, -0.2) is 0 Å². The molecule has 0 aromatic heterocycles. The normalized spacial score (nSPS) is 31.8. The van der Waals surface area contributed by atoms with E-state index in [1.807, 2.05) is 6.92 Å². The van der Waals surface area contributed by atoms with Gasteiger partial charge in [0.1, 0.15) is 0 Å². The minimum Gasteiger partial charge on any atom is -0.570 e. The summed E-state index contributed by atoms with van der Waals surface area (Å²) in [7, 11) is 0. The summed E-state index contributed by atoms with van der Waals surface area (Å²) in [6, 6.07) is 0. The summed E-state index contributed by atoms with van der Waals surface area (Å²) in [5, 5.41) is 0. The summed E-state index contributed by atoms with van der Waals surface area (Å²) in [5.74, 6) is 0. The van der Waals surface area contributed by atoms with Gasteiger partial charge in [0.25, 0.3) is 0 Å². The summed E-state index contributed by atoms with van der Waals surface area (Å²) in [4.78, 5) is 0. The van der Waals surface area contributed by atoms with Crippen molar-refractivity contribution < 1.29 is 25.8 Å². The van der Waals surface area contributed by atoms with E-state index in [2.05, 4.69) is 4.74 Å². The van der Waals surface area contributed by atoms with Crippen molar-refractivity contribution in [1.82, 2.24) is 0 Å². The van der Waals surface area contributed by atoms with Gasteiger partial charge in [-0.05, 0) is 0 Å². The van der Waals surface area contributed by atoms with Gasteiger partial charge in [-0.3, -0.25) is 0 Å². The van der Waals surface area contributed by atoms with Gasteiger partial charge in [-0.1, -0.05) is 13.0 Å². The maximum absolute atomic E-state index is 4.58. The van der Waals surface area contributed by atoms with Crippen LogP contribution in [0.15, 0.2) is 0 Å². The zero-order valence-electron chi connectivity index (χ0n) is 2.97. The van der Waals surface area contributed by atoms with E-state index in [-0.39, 0.29) is 21.1 Å². The van der Waals surface area contributed by atoms with Crippen LogP contribution in [0, 0.1) is 6.61 Å². The number of epoxide rings is 1. The summed E-state index contributed by atoms with van der Waals surface area (Å²) in [5.41, 5.74) is 0. The first-order valence-corrected chi connectivity index (χ1v) is 1.38. The van der Waals surface area contributed by atoms with Crippen molar-refractivity contribution >= 4 is 0 Å². The molecule has 28 valence electrons. The molecule has 0 bridgehead atoms. The molecule has 1 nitrogen and oxygen atoms in total. The Bertz CT molecular complexity index is 26.1. The molecule has 0 radical (unpaired) electrons. The topological polar surface area (TPSA) is 12.5 Å². The molecule has 2 heteroatoms. The molecule has 1 saturated heterocycles. The van der Waals surface area contributed by atoms with Crippen LogP contribution in [0.2, 0.25) is 0 Å². The van der Waals surface area contributed by atoms with Crippen molar-refractivity contribution in [2.24, 2.45) is 0 Å². The van der Waals surface area contributed by atoms with Crippen LogP contribution in [0.4, 0.5) is 0 Å². The molecule has 0 amide bonds. The SMILES string of the molecule is CC1[CH-]O1.[W+2]. The first-order valence-electron chi connectivity index (χ1n) is 1.38. The second-order valence-electron chi connectivity index (χ2n) is 0.977. The molecular weight excluding hydrogens is 236 g/mol. The second kappa shape index (κ2) is 1.94. The Labute approximate surface area is 46.0 Å². The molecule has 1 rings (SSSR count). The van der Waals surface area contributed by atoms with Crippen molar-refractivity contribution in [2.45, 2.75) is 13.0 Å². The molecule has 0 spiro atoms. The molecule has 0 aromatic carbocycles. The van der Waals surface area contributed by atoms with Crippen LogP contribution in [-0.4, -0.2) is 6.10 Å². The predicted molar refractivity (Wildman–Crippen MR) is 14.8 cm³/mol. The van der Waals surface area contributed by atoms with Crippen LogP contribution < -0.4 is 0 Å². The largest absolute Gasteiger partial charge is 2.00 e. The fourth-order valence-corrected chi connectivity index (χ4v) is 0.0786. The van der Waals surface area contributed by atoms with Crippen molar-refractivity contribution in [3.63, 3.8) is 0 Å². The Morgan fingerprint density at radius 3 is 2.00 bits per heavy atom. The third-order valence-electron chi connectivity index (χ3n) is 0.408. The van der Waals surface area contributed by atoms with E-state index in [0.29, 0.717) is 6.10 Å². The maximum Gasteiger partial charge on any atom is 2.00 e. The smallest absolute Gasteiger partial charge is 0.570 e. The van der Waals surface area contributed by atoms with Gasteiger partial charge in [0.15, 0.2) is 0 Å². The molecule has 1 atom stereocenters. The number of hydrogen-bond acceptors (Lipinski definition) is 1. The Balaban J connectivity index is 0.000000160. The van der Waals surface area contributed by atoms with Gasteiger partial charge in [0.2, 0.25) is 0 Å². The summed E-state index contributed by atoms with van der Waals surface area (Å²) >= 11 is 0. The van der Waals surface area contributed by atoms with E-state index in [0.717, 1.165) is 0 Å². The van der Waals surface area contributed by atoms with Crippen molar-refractivity contribution in [3.05, 3.63) is 6.61 Å². The zero-order valence-corrected chi connectivity index (χ0v) is 5.90. The van der Waals surface area contributed by atoms with Crippen LogP contribution in [0.1, 0.15) is 6.92 Å². The van der Waals surface area contributed by atoms with Gasteiger partial charge in [-0.15, -0.1) is 0 Å². The van der Waals surface area contributed by atoms with E-state index >= 15 is 0 Å². The minimum atomic E-state index is 0. The summed E-state index contributed by atoms with van der Waals surface area (Å²) < 4.78 is 4.58. The van der Waals surface area contributed by atoms with Gasteiger partial charge in [-0.2, -0.15) is 6.61 Å². The predicted octanol–water partition coefficient (Wildman–Crippen LogP) is 0.564. The van der Waals surface area contributed by atoms with Crippen LogP contribution in [0.25, 0.3) is 0 Å². The third kappa shape index (κ3) is 2.45. The first kappa shape index (κ1) is 5.65. The van der Waals surface area contributed by atoms with Crippen molar-refractivity contribution in [3.8, 4) is 0 Å². The summed E-state index contributed by atoms with van der Waals surface area (Å²) in [6.45, 7) is 3.79. The number of hydrogen-bond donors (Lipinski definition) is 0. The van der Waals surface area contributed by atoms with Gasteiger partial charge < -0.3 is 4.74 Å². The molecular formula is C3H5OW+. The van der Waals surface area contributed by atoms with E-state index in [1.165, 1.54) is 0 Å². The molecule has 1 aliphatic rings. The Kier molecular flexibility index (Phi) is 2.19. The third-order valence-corrected chi connectivity index (χ3v) is 0.408. The van der Waals surface area contributed by atoms with E-state index in [4.69, 9.17) is 0 Å². The number of ether oxygens (including phenoxy) is 1. The molecule has 1 heterocycles.